The van der Waals surface area contributed by atoms with Gasteiger partial charge in [0.15, 0.2) is 0 Å². The van der Waals surface area contributed by atoms with E-state index < -0.39 is 10.0 Å². The summed E-state index contributed by atoms with van der Waals surface area (Å²) in [6.07, 6.45) is 1.56. The van der Waals surface area contributed by atoms with Crippen molar-refractivity contribution >= 4 is 15.8 Å². The van der Waals surface area contributed by atoms with Crippen molar-refractivity contribution in [1.29, 1.82) is 0 Å². The molecule has 16 heavy (non-hydrogen) atoms. The molecular weight excluding hydrogens is 226 g/mol. The molecule has 0 atom stereocenters. The maximum Gasteiger partial charge on any atom is 0.263 e. The Morgan fingerprint density at radius 1 is 1.25 bits per heavy atom. The van der Waals surface area contributed by atoms with Crippen molar-refractivity contribution in [2.45, 2.75) is 11.8 Å². The van der Waals surface area contributed by atoms with Crippen LogP contribution in [0.15, 0.2) is 41.4 Å². The Balaban J connectivity index is 2.32. The molecule has 0 bridgehead atoms. The first kappa shape index (κ1) is 10.7. The van der Waals surface area contributed by atoms with Gasteiger partial charge in [0.05, 0.1) is 11.1 Å². The van der Waals surface area contributed by atoms with Gasteiger partial charge in [0.2, 0.25) is 0 Å². The Bertz CT molecular complexity index is 575. The molecule has 5 nitrogen and oxygen atoms in total. The average molecular weight is 237 g/mol. The molecule has 0 saturated heterocycles. The van der Waals surface area contributed by atoms with Gasteiger partial charge in [-0.15, -0.1) is 0 Å². The van der Waals surface area contributed by atoms with E-state index in [-0.39, 0.29) is 4.90 Å². The molecule has 2 N–H and O–H groups in total. The smallest absolute Gasteiger partial charge is 0.263 e. The van der Waals surface area contributed by atoms with Crippen LogP contribution in [0, 0.1) is 6.92 Å². The molecule has 1 heterocycles. The Labute approximate surface area is 93.6 Å². The molecule has 0 saturated carbocycles. The van der Waals surface area contributed by atoms with Crippen LogP contribution < -0.4 is 4.72 Å². The number of benzene rings is 1. The van der Waals surface area contributed by atoms with Gasteiger partial charge >= 0.3 is 0 Å². The van der Waals surface area contributed by atoms with Crippen LogP contribution in [-0.4, -0.2) is 18.6 Å². The summed E-state index contributed by atoms with van der Waals surface area (Å²) in [6.45, 7) is 1.77. The van der Waals surface area contributed by atoms with Gasteiger partial charge in [-0.3, -0.25) is 9.82 Å². The zero-order valence-electron chi connectivity index (χ0n) is 8.64. The van der Waals surface area contributed by atoms with E-state index >= 15 is 0 Å². The molecule has 84 valence electrons. The lowest BCUT2D eigenvalue weighted by atomic mass is 10.4. The number of aromatic nitrogens is 2. The van der Waals surface area contributed by atoms with Gasteiger partial charge in [0.25, 0.3) is 10.0 Å². The van der Waals surface area contributed by atoms with E-state index in [9.17, 15) is 8.42 Å². The minimum Gasteiger partial charge on any atom is -0.264 e. The Morgan fingerprint density at radius 3 is 2.50 bits per heavy atom. The first-order valence-corrected chi connectivity index (χ1v) is 6.16. The minimum absolute atomic E-state index is 0.226. The number of sulfonamides is 1. The molecule has 6 heteroatoms. The van der Waals surface area contributed by atoms with Crippen molar-refractivity contribution in [2.75, 3.05) is 4.72 Å². The van der Waals surface area contributed by atoms with Crippen LogP contribution in [0.4, 0.5) is 5.82 Å². The molecule has 0 aliphatic heterocycles. The van der Waals surface area contributed by atoms with Gasteiger partial charge < -0.3 is 0 Å². The van der Waals surface area contributed by atoms with Crippen LogP contribution in [-0.2, 0) is 10.0 Å². The van der Waals surface area contributed by atoms with Crippen LogP contribution in [0.3, 0.4) is 0 Å². The fraction of sp³-hybridized carbons (Fsp3) is 0.100. The summed E-state index contributed by atoms with van der Waals surface area (Å²) >= 11 is 0. The SMILES string of the molecule is Cc1cn[nH]c1NS(=O)(=O)c1ccccc1. The zero-order valence-corrected chi connectivity index (χ0v) is 9.45. The van der Waals surface area contributed by atoms with Gasteiger partial charge in [-0.05, 0) is 19.1 Å². The van der Waals surface area contributed by atoms with Crippen molar-refractivity contribution in [3.8, 4) is 0 Å². The highest BCUT2D eigenvalue weighted by Gasteiger charge is 2.15. The van der Waals surface area contributed by atoms with E-state index in [2.05, 4.69) is 14.9 Å². The van der Waals surface area contributed by atoms with Gasteiger partial charge in [0, 0.05) is 5.56 Å². The molecule has 0 amide bonds. The monoisotopic (exact) mass is 237 g/mol. The maximum atomic E-state index is 11.9. The molecule has 0 fully saturated rings. The summed E-state index contributed by atoms with van der Waals surface area (Å²) in [7, 11) is -3.53. The lowest BCUT2D eigenvalue weighted by molar-refractivity contribution is 0.601. The molecule has 1 aromatic heterocycles. The highest BCUT2D eigenvalue weighted by atomic mass is 32.2. The zero-order chi connectivity index (χ0) is 11.6. The second-order valence-electron chi connectivity index (χ2n) is 3.35. The summed E-state index contributed by atoms with van der Waals surface area (Å²) < 4.78 is 26.2. The van der Waals surface area contributed by atoms with E-state index in [0.717, 1.165) is 5.56 Å². The largest absolute Gasteiger partial charge is 0.264 e. The molecule has 0 unspecified atom stereocenters. The van der Waals surface area contributed by atoms with Crippen LogP contribution in [0.5, 0.6) is 0 Å². The first-order chi connectivity index (χ1) is 7.59. The average Bonchev–Trinajstić information content (AvgIpc) is 2.65. The number of anilines is 1. The Morgan fingerprint density at radius 2 is 1.94 bits per heavy atom. The second kappa shape index (κ2) is 3.97. The lowest BCUT2D eigenvalue weighted by Gasteiger charge is -2.06. The van der Waals surface area contributed by atoms with Crippen LogP contribution in [0.1, 0.15) is 5.56 Å². The normalized spacial score (nSPS) is 11.3. The summed E-state index contributed by atoms with van der Waals surface area (Å²) in [4.78, 5) is 0.226. The Kier molecular flexibility index (Phi) is 2.66. The molecule has 0 radical (unpaired) electrons. The maximum absolute atomic E-state index is 11.9. The van der Waals surface area contributed by atoms with Gasteiger partial charge in [0.1, 0.15) is 5.82 Å². The fourth-order valence-corrected chi connectivity index (χ4v) is 2.35. The van der Waals surface area contributed by atoms with Crippen molar-refractivity contribution < 1.29 is 8.42 Å². The third-order valence-electron chi connectivity index (χ3n) is 2.12. The van der Waals surface area contributed by atoms with Crippen molar-refractivity contribution in [2.24, 2.45) is 0 Å². The summed E-state index contributed by atoms with van der Waals surface area (Å²) in [5.74, 6) is 0.392. The number of nitrogens with one attached hydrogen (secondary N) is 2. The van der Waals surface area contributed by atoms with E-state index in [1.165, 1.54) is 12.1 Å². The topological polar surface area (TPSA) is 74.8 Å². The van der Waals surface area contributed by atoms with Gasteiger partial charge in [-0.2, -0.15) is 5.10 Å². The second-order valence-corrected chi connectivity index (χ2v) is 5.03. The molecule has 2 aromatic rings. The van der Waals surface area contributed by atoms with Crippen LogP contribution in [0.2, 0.25) is 0 Å². The number of hydrogen-bond acceptors (Lipinski definition) is 3. The van der Waals surface area contributed by atoms with E-state index in [0.29, 0.717) is 5.82 Å². The van der Waals surface area contributed by atoms with Crippen LogP contribution in [0.25, 0.3) is 0 Å². The quantitative estimate of drug-likeness (QED) is 0.849. The summed E-state index contributed by atoms with van der Waals surface area (Å²) in [5.41, 5.74) is 0.750. The standard InChI is InChI=1S/C10H11N3O2S/c1-8-7-11-12-10(8)13-16(14,15)9-5-3-2-4-6-9/h2-7H,1H3,(H2,11,12,13). The number of aryl methyl sites for hydroxylation is 1. The lowest BCUT2D eigenvalue weighted by Crippen LogP contribution is -2.13. The predicted octanol–water partition coefficient (Wildman–Crippen LogP) is 1.52. The molecule has 0 aliphatic carbocycles. The third-order valence-corrected chi connectivity index (χ3v) is 3.48. The Hall–Kier alpha value is -1.82. The minimum atomic E-state index is -3.53. The molecule has 0 spiro atoms. The molecule has 2 rings (SSSR count). The molecule has 1 aromatic carbocycles. The third kappa shape index (κ3) is 2.06. The van der Waals surface area contributed by atoms with Crippen molar-refractivity contribution in [1.82, 2.24) is 10.2 Å². The number of rotatable bonds is 3. The van der Waals surface area contributed by atoms with E-state index in [4.69, 9.17) is 0 Å². The molecule has 0 aliphatic rings. The first-order valence-electron chi connectivity index (χ1n) is 4.67. The van der Waals surface area contributed by atoms with Gasteiger partial charge in [-0.25, -0.2) is 8.42 Å². The highest BCUT2D eigenvalue weighted by molar-refractivity contribution is 7.92. The summed E-state index contributed by atoms with van der Waals surface area (Å²) in [5, 5.41) is 6.34. The fourth-order valence-electron chi connectivity index (χ4n) is 1.24. The van der Waals surface area contributed by atoms with Crippen LogP contribution >= 0.6 is 0 Å². The highest BCUT2D eigenvalue weighted by Crippen LogP contribution is 2.15. The van der Waals surface area contributed by atoms with Gasteiger partial charge in [-0.1, -0.05) is 18.2 Å². The van der Waals surface area contributed by atoms with E-state index in [1.54, 1.807) is 31.3 Å². The predicted molar refractivity (Wildman–Crippen MR) is 60.6 cm³/mol. The number of aromatic amines is 1. The summed E-state index contributed by atoms with van der Waals surface area (Å²) in [6, 6.07) is 8.19. The number of nitrogens with zero attached hydrogens (tertiary/aromatic N) is 1. The number of hydrogen-bond donors (Lipinski definition) is 2. The van der Waals surface area contributed by atoms with Crippen molar-refractivity contribution in [3.63, 3.8) is 0 Å². The van der Waals surface area contributed by atoms with Crippen molar-refractivity contribution in [3.05, 3.63) is 42.1 Å². The number of H-pyrrole nitrogens is 1. The molecular formula is C10H11N3O2S. The van der Waals surface area contributed by atoms with E-state index in [1.807, 2.05) is 0 Å².